The zero-order valence-electron chi connectivity index (χ0n) is 18.3. The molecule has 4 rings (SSSR count). The van der Waals surface area contributed by atoms with Crippen LogP contribution in [0.2, 0.25) is 0 Å². The summed E-state index contributed by atoms with van der Waals surface area (Å²) in [6.07, 6.45) is 8.24. The van der Waals surface area contributed by atoms with Gasteiger partial charge < -0.3 is 10.5 Å². The van der Waals surface area contributed by atoms with Crippen molar-refractivity contribution in [3.8, 4) is 5.75 Å². The number of hydrogen-bond acceptors (Lipinski definition) is 6. The molecule has 6 heteroatoms. The lowest BCUT2D eigenvalue weighted by Gasteiger charge is -2.13. The molecule has 0 amide bonds. The van der Waals surface area contributed by atoms with E-state index < -0.39 is 0 Å². The molecule has 0 radical (unpaired) electrons. The Morgan fingerprint density at radius 2 is 1.81 bits per heavy atom. The molecular formula is C26H28N4OS. The summed E-state index contributed by atoms with van der Waals surface area (Å²) < 4.78 is 6.07. The maximum atomic E-state index is 6.27. The lowest BCUT2D eigenvalue weighted by molar-refractivity contribution is 0.307. The molecule has 0 unspecified atom stereocenters. The molecule has 0 spiro atoms. The van der Waals surface area contributed by atoms with Crippen LogP contribution in [0.3, 0.4) is 0 Å². The predicted molar refractivity (Wildman–Crippen MR) is 133 cm³/mol. The summed E-state index contributed by atoms with van der Waals surface area (Å²) in [7, 11) is 0. The summed E-state index contributed by atoms with van der Waals surface area (Å²) >= 11 is 1.95. The largest absolute Gasteiger partial charge is 0.493 e. The minimum Gasteiger partial charge on any atom is -0.493 e. The van der Waals surface area contributed by atoms with Crippen LogP contribution < -0.4 is 10.5 Å². The van der Waals surface area contributed by atoms with Crippen molar-refractivity contribution in [3.63, 3.8) is 0 Å². The molecule has 2 N–H and O–H groups in total. The van der Waals surface area contributed by atoms with Gasteiger partial charge in [0.25, 0.3) is 0 Å². The summed E-state index contributed by atoms with van der Waals surface area (Å²) in [5.74, 6) is 3.04. The molecule has 0 aliphatic carbocycles. The number of nitrogens with two attached hydrogens (primary N) is 1. The van der Waals surface area contributed by atoms with E-state index in [1.165, 1.54) is 5.56 Å². The van der Waals surface area contributed by atoms with E-state index in [1.807, 2.05) is 60.6 Å². The van der Waals surface area contributed by atoms with Crippen molar-refractivity contribution in [1.29, 1.82) is 0 Å². The van der Waals surface area contributed by atoms with Crippen LogP contribution in [-0.4, -0.2) is 27.3 Å². The third-order valence-corrected chi connectivity index (χ3v) is 6.50. The fourth-order valence-electron chi connectivity index (χ4n) is 3.52. The zero-order valence-corrected chi connectivity index (χ0v) is 19.1. The van der Waals surface area contributed by atoms with Crippen LogP contribution in [0.4, 0.5) is 5.69 Å². The molecular weight excluding hydrogens is 416 g/mol. The van der Waals surface area contributed by atoms with E-state index in [9.17, 15) is 0 Å². The molecule has 0 fully saturated rings. The number of thioether (sulfide) groups is 1. The molecule has 3 heterocycles. The van der Waals surface area contributed by atoms with E-state index in [4.69, 9.17) is 15.5 Å². The summed E-state index contributed by atoms with van der Waals surface area (Å²) in [6, 6.07) is 16.1. The number of nitrogens with zero attached hydrogens (tertiary/aromatic N) is 3. The maximum absolute atomic E-state index is 6.27. The van der Waals surface area contributed by atoms with E-state index in [1.54, 1.807) is 6.20 Å². The summed E-state index contributed by atoms with van der Waals surface area (Å²) in [4.78, 5) is 13.4. The molecule has 0 aliphatic rings. The lowest BCUT2D eigenvalue weighted by Crippen LogP contribution is -2.05. The van der Waals surface area contributed by atoms with Crippen LogP contribution in [0.1, 0.15) is 35.4 Å². The van der Waals surface area contributed by atoms with Crippen LogP contribution in [0.5, 0.6) is 5.75 Å². The molecule has 1 aromatic carbocycles. The first-order chi connectivity index (χ1) is 15.7. The van der Waals surface area contributed by atoms with E-state index in [-0.39, 0.29) is 0 Å². The second kappa shape index (κ2) is 11.0. The normalized spacial score (nSPS) is 11.0. The zero-order chi connectivity index (χ0) is 22.2. The van der Waals surface area contributed by atoms with E-state index in [0.717, 1.165) is 58.0 Å². The molecule has 0 saturated carbocycles. The number of benzene rings is 1. The van der Waals surface area contributed by atoms with Gasteiger partial charge in [0.2, 0.25) is 0 Å². The van der Waals surface area contributed by atoms with Gasteiger partial charge in [0.1, 0.15) is 5.75 Å². The Hall–Kier alpha value is -3.12. The maximum Gasteiger partial charge on any atom is 0.125 e. The van der Waals surface area contributed by atoms with Crippen molar-refractivity contribution in [2.75, 3.05) is 18.1 Å². The molecule has 0 aliphatic heterocycles. The average molecular weight is 445 g/mol. The molecule has 5 nitrogen and oxygen atoms in total. The molecule has 0 saturated heterocycles. The van der Waals surface area contributed by atoms with Crippen LogP contribution in [-0.2, 0) is 12.2 Å². The van der Waals surface area contributed by atoms with Crippen molar-refractivity contribution >= 4 is 28.4 Å². The second-order valence-corrected chi connectivity index (χ2v) is 8.84. The highest BCUT2D eigenvalue weighted by atomic mass is 32.2. The van der Waals surface area contributed by atoms with Gasteiger partial charge in [-0.1, -0.05) is 18.2 Å². The first-order valence-electron chi connectivity index (χ1n) is 10.9. The minimum atomic E-state index is 0.589. The number of unbranched alkanes of at least 4 members (excludes halogenated alkanes) is 1. The summed E-state index contributed by atoms with van der Waals surface area (Å²) in [5.41, 5.74) is 12.1. The number of ether oxygens (including phenoxy) is 1. The van der Waals surface area contributed by atoms with Crippen molar-refractivity contribution in [2.24, 2.45) is 0 Å². The van der Waals surface area contributed by atoms with Crippen molar-refractivity contribution < 1.29 is 4.74 Å². The molecule has 4 aromatic rings. The highest BCUT2D eigenvalue weighted by Gasteiger charge is 2.11. The van der Waals surface area contributed by atoms with Gasteiger partial charge in [-0.2, -0.15) is 11.8 Å². The average Bonchev–Trinajstić information content (AvgIpc) is 2.81. The predicted octanol–water partition coefficient (Wildman–Crippen LogP) is 5.60. The third kappa shape index (κ3) is 5.77. The quantitative estimate of drug-likeness (QED) is 0.321. The third-order valence-electron chi connectivity index (χ3n) is 5.39. The standard InChI is InChI=1S/C26H28N4OS/c1-19-24(17-25-22(27)16-21-6-2-3-7-23(21)30-25)29-13-10-26(19)31-14-4-5-15-32-18-20-8-11-28-12-9-20/h2-3,6-13,16H,4-5,14-15,17-18,27H2,1H3. The minimum absolute atomic E-state index is 0.589. The van der Waals surface area contributed by atoms with Crippen LogP contribution in [0.25, 0.3) is 10.9 Å². The second-order valence-electron chi connectivity index (χ2n) is 7.74. The highest BCUT2D eigenvalue weighted by molar-refractivity contribution is 7.98. The Balaban J connectivity index is 1.28. The number of rotatable bonds is 10. The fraction of sp³-hybridized carbons (Fsp3) is 0.269. The molecule has 164 valence electrons. The number of hydrogen-bond donors (Lipinski definition) is 1. The van der Waals surface area contributed by atoms with Crippen molar-refractivity contribution in [3.05, 3.63) is 89.6 Å². The Bertz CT molecular complexity index is 1170. The van der Waals surface area contributed by atoms with Gasteiger partial charge in [-0.3, -0.25) is 15.0 Å². The van der Waals surface area contributed by atoms with Crippen LogP contribution in [0.15, 0.2) is 67.1 Å². The van der Waals surface area contributed by atoms with Gasteiger partial charge in [0, 0.05) is 41.7 Å². The highest BCUT2D eigenvalue weighted by Crippen LogP contribution is 2.25. The summed E-state index contributed by atoms with van der Waals surface area (Å²) in [6.45, 7) is 2.76. The van der Waals surface area contributed by atoms with Crippen molar-refractivity contribution in [1.82, 2.24) is 15.0 Å². The molecule has 3 aromatic heterocycles. The van der Waals surface area contributed by atoms with E-state index in [2.05, 4.69) is 29.0 Å². The number of para-hydroxylation sites is 1. The SMILES string of the molecule is Cc1c(OCCCCSCc2ccncc2)ccnc1Cc1nc2ccccc2cc1N. The molecule has 0 bridgehead atoms. The van der Waals surface area contributed by atoms with Gasteiger partial charge in [0.05, 0.1) is 29.2 Å². The molecule has 32 heavy (non-hydrogen) atoms. The van der Waals surface area contributed by atoms with E-state index >= 15 is 0 Å². The smallest absolute Gasteiger partial charge is 0.125 e. The number of pyridine rings is 3. The Kier molecular flexibility index (Phi) is 7.56. The lowest BCUT2D eigenvalue weighted by atomic mass is 10.1. The van der Waals surface area contributed by atoms with E-state index in [0.29, 0.717) is 18.7 Å². The van der Waals surface area contributed by atoms with Gasteiger partial charge in [0.15, 0.2) is 0 Å². The van der Waals surface area contributed by atoms with Crippen LogP contribution in [0, 0.1) is 6.92 Å². The summed E-state index contributed by atoms with van der Waals surface area (Å²) in [5, 5.41) is 1.05. The van der Waals surface area contributed by atoms with Gasteiger partial charge in [-0.05, 0) is 61.4 Å². The van der Waals surface area contributed by atoms with Gasteiger partial charge in [-0.15, -0.1) is 0 Å². The number of nitrogen functional groups attached to an aromatic ring is 1. The number of aromatic nitrogens is 3. The van der Waals surface area contributed by atoms with Gasteiger partial charge >= 0.3 is 0 Å². The Morgan fingerprint density at radius 3 is 2.69 bits per heavy atom. The first-order valence-corrected chi connectivity index (χ1v) is 12.0. The van der Waals surface area contributed by atoms with Crippen LogP contribution >= 0.6 is 11.8 Å². The Labute approximate surface area is 193 Å². The molecule has 0 atom stereocenters. The van der Waals surface area contributed by atoms with Crippen molar-refractivity contribution in [2.45, 2.75) is 31.9 Å². The van der Waals surface area contributed by atoms with Gasteiger partial charge in [-0.25, -0.2) is 0 Å². The first kappa shape index (κ1) is 22.1. The fourth-order valence-corrected chi connectivity index (χ4v) is 4.50. The number of anilines is 1. The Morgan fingerprint density at radius 1 is 0.969 bits per heavy atom. The topological polar surface area (TPSA) is 73.9 Å². The number of fused-ring (bicyclic) bond motifs is 1. The monoisotopic (exact) mass is 444 g/mol.